The van der Waals surface area contributed by atoms with Gasteiger partial charge in [-0.2, -0.15) is 5.10 Å². The molecule has 1 aromatic heterocycles. The fraction of sp³-hybridized carbons (Fsp3) is 0.667. The highest BCUT2D eigenvalue weighted by molar-refractivity contribution is 4.80. The molecule has 1 rings (SSSR count). The minimum atomic E-state index is 0.499. The van der Waals surface area contributed by atoms with Crippen molar-refractivity contribution in [3.63, 3.8) is 0 Å². The Hall–Kier alpha value is -0.830. The topological polar surface area (TPSA) is 29.9 Å². The van der Waals surface area contributed by atoms with Crippen molar-refractivity contribution in [1.82, 2.24) is 15.1 Å². The highest BCUT2D eigenvalue weighted by atomic mass is 15.3. The molecule has 0 aliphatic rings. The fourth-order valence-electron chi connectivity index (χ4n) is 1.16. The van der Waals surface area contributed by atoms with E-state index in [1.165, 1.54) is 0 Å². The second-order valence-corrected chi connectivity index (χ2v) is 2.98. The van der Waals surface area contributed by atoms with E-state index in [-0.39, 0.29) is 0 Å². The van der Waals surface area contributed by atoms with Crippen molar-refractivity contribution >= 4 is 0 Å². The zero-order chi connectivity index (χ0) is 8.81. The second kappa shape index (κ2) is 4.93. The smallest absolute Gasteiger partial charge is 0.0503 e. The summed E-state index contributed by atoms with van der Waals surface area (Å²) in [5, 5.41) is 7.48. The number of nitrogens with one attached hydrogen (secondary N) is 1. The Morgan fingerprint density at radius 2 is 2.42 bits per heavy atom. The van der Waals surface area contributed by atoms with Gasteiger partial charge in [0, 0.05) is 12.4 Å². The van der Waals surface area contributed by atoms with E-state index in [4.69, 9.17) is 0 Å². The Morgan fingerprint density at radius 3 is 3.00 bits per heavy atom. The summed E-state index contributed by atoms with van der Waals surface area (Å²) in [5.41, 5.74) is 0. The molecule has 0 aromatic carbocycles. The van der Waals surface area contributed by atoms with Crippen molar-refractivity contribution < 1.29 is 0 Å². The van der Waals surface area contributed by atoms with Gasteiger partial charge in [0.05, 0.1) is 6.04 Å². The van der Waals surface area contributed by atoms with Crippen LogP contribution < -0.4 is 5.32 Å². The van der Waals surface area contributed by atoms with Gasteiger partial charge in [0.15, 0.2) is 0 Å². The lowest BCUT2D eigenvalue weighted by molar-refractivity contribution is 0.447. The number of aromatic nitrogens is 2. The molecule has 0 fully saturated rings. The molecule has 1 atom stereocenters. The van der Waals surface area contributed by atoms with E-state index < -0.39 is 0 Å². The van der Waals surface area contributed by atoms with Gasteiger partial charge in [-0.25, -0.2) is 0 Å². The lowest BCUT2D eigenvalue weighted by Gasteiger charge is -2.11. The van der Waals surface area contributed by atoms with Gasteiger partial charge in [0.1, 0.15) is 0 Å². The molecule has 0 aliphatic heterocycles. The van der Waals surface area contributed by atoms with Crippen molar-refractivity contribution in [2.24, 2.45) is 0 Å². The molecule has 1 aromatic rings. The quantitative estimate of drug-likeness (QED) is 0.672. The van der Waals surface area contributed by atoms with E-state index in [0.717, 1.165) is 19.5 Å². The predicted molar refractivity (Wildman–Crippen MR) is 50.1 cm³/mol. The van der Waals surface area contributed by atoms with Crippen LogP contribution in [-0.4, -0.2) is 22.9 Å². The summed E-state index contributed by atoms with van der Waals surface area (Å²) in [4.78, 5) is 0. The Balaban J connectivity index is 2.25. The van der Waals surface area contributed by atoms with Crippen molar-refractivity contribution in [2.75, 3.05) is 13.1 Å². The molecule has 0 bridgehead atoms. The first-order valence-corrected chi connectivity index (χ1v) is 4.54. The Kier molecular flexibility index (Phi) is 3.80. The number of hydrogen-bond donors (Lipinski definition) is 1. The van der Waals surface area contributed by atoms with Crippen LogP contribution in [0.3, 0.4) is 0 Å². The normalized spacial score (nSPS) is 13.2. The third-order valence-electron chi connectivity index (χ3n) is 1.97. The van der Waals surface area contributed by atoms with Crippen LogP contribution in [0.4, 0.5) is 0 Å². The molecular weight excluding hydrogens is 150 g/mol. The molecule has 0 spiro atoms. The first-order valence-electron chi connectivity index (χ1n) is 4.54. The Bertz CT molecular complexity index is 194. The van der Waals surface area contributed by atoms with Crippen LogP contribution in [0.2, 0.25) is 0 Å². The third kappa shape index (κ3) is 2.66. The van der Waals surface area contributed by atoms with Crippen molar-refractivity contribution in [2.45, 2.75) is 26.3 Å². The predicted octanol–water partition coefficient (Wildman–Crippen LogP) is 1.44. The van der Waals surface area contributed by atoms with E-state index in [1.54, 1.807) is 0 Å². The highest BCUT2D eigenvalue weighted by Gasteiger charge is 2.02. The van der Waals surface area contributed by atoms with Crippen LogP contribution in [0.1, 0.15) is 26.3 Å². The van der Waals surface area contributed by atoms with E-state index in [2.05, 4.69) is 24.3 Å². The van der Waals surface area contributed by atoms with Crippen LogP contribution in [0.25, 0.3) is 0 Å². The fourth-order valence-corrected chi connectivity index (χ4v) is 1.16. The van der Waals surface area contributed by atoms with Gasteiger partial charge < -0.3 is 5.32 Å². The van der Waals surface area contributed by atoms with Crippen LogP contribution in [-0.2, 0) is 0 Å². The number of nitrogens with zero attached hydrogens (tertiary/aromatic N) is 2. The summed E-state index contributed by atoms with van der Waals surface area (Å²) >= 11 is 0. The van der Waals surface area contributed by atoms with Gasteiger partial charge >= 0.3 is 0 Å². The molecule has 0 radical (unpaired) electrons. The average molecular weight is 167 g/mol. The van der Waals surface area contributed by atoms with Crippen LogP contribution in [0, 0.1) is 0 Å². The van der Waals surface area contributed by atoms with Gasteiger partial charge in [0.25, 0.3) is 0 Å². The Morgan fingerprint density at radius 1 is 1.58 bits per heavy atom. The molecule has 3 heteroatoms. The summed E-state index contributed by atoms with van der Waals surface area (Å²) in [6.07, 6.45) is 4.97. The van der Waals surface area contributed by atoms with E-state index in [9.17, 15) is 0 Å². The van der Waals surface area contributed by atoms with Crippen molar-refractivity contribution in [3.05, 3.63) is 18.5 Å². The van der Waals surface area contributed by atoms with Crippen LogP contribution in [0.15, 0.2) is 18.5 Å². The number of hydrogen-bond acceptors (Lipinski definition) is 2. The molecule has 0 saturated carbocycles. The molecule has 3 nitrogen and oxygen atoms in total. The summed E-state index contributed by atoms with van der Waals surface area (Å²) in [6.45, 7) is 6.42. The van der Waals surface area contributed by atoms with Gasteiger partial charge in [-0.1, -0.05) is 6.92 Å². The lowest BCUT2D eigenvalue weighted by atomic mass is 10.2. The molecule has 1 N–H and O–H groups in total. The zero-order valence-corrected chi connectivity index (χ0v) is 7.83. The minimum absolute atomic E-state index is 0.499. The maximum atomic E-state index is 4.18. The third-order valence-corrected chi connectivity index (χ3v) is 1.97. The van der Waals surface area contributed by atoms with Gasteiger partial charge in [-0.15, -0.1) is 0 Å². The summed E-state index contributed by atoms with van der Waals surface area (Å²) in [7, 11) is 0. The van der Waals surface area contributed by atoms with Crippen molar-refractivity contribution in [3.8, 4) is 0 Å². The first-order chi connectivity index (χ1) is 5.84. The first kappa shape index (κ1) is 9.26. The second-order valence-electron chi connectivity index (χ2n) is 2.98. The monoisotopic (exact) mass is 167 g/mol. The van der Waals surface area contributed by atoms with Crippen LogP contribution in [0.5, 0.6) is 0 Å². The maximum Gasteiger partial charge on any atom is 0.0503 e. The average Bonchev–Trinajstić information content (AvgIpc) is 2.56. The molecule has 0 saturated heterocycles. The summed E-state index contributed by atoms with van der Waals surface area (Å²) in [6, 6.07) is 2.46. The molecule has 0 amide bonds. The highest BCUT2D eigenvalue weighted by Crippen LogP contribution is 2.06. The van der Waals surface area contributed by atoms with Gasteiger partial charge in [-0.05, 0) is 32.5 Å². The SMILES string of the molecule is CCNCCC(C)n1cccn1. The standard InChI is InChI=1S/C9H17N3/c1-3-10-7-5-9(2)12-8-4-6-11-12/h4,6,8-10H,3,5,7H2,1-2H3. The van der Waals surface area contributed by atoms with E-state index in [1.807, 2.05) is 23.1 Å². The molecule has 0 aliphatic carbocycles. The molecule has 12 heavy (non-hydrogen) atoms. The van der Waals surface area contributed by atoms with Crippen LogP contribution >= 0.6 is 0 Å². The lowest BCUT2D eigenvalue weighted by Crippen LogP contribution is -2.18. The molecule has 68 valence electrons. The molecule has 1 unspecified atom stereocenters. The van der Waals surface area contributed by atoms with Crippen molar-refractivity contribution in [1.29, 1.82) is 0 Å². The molecule has 1 heterocycles. The molecular formula is C9H17N3. The van der Waals surface area contributed by atoms with E-state index in [0.29, 0.717) is 6.04 Å². The van der Waals surface area contributed by atoms with Gasteiger partial charge in [0.2, 0.25) is 0 Å². The van der Waals surface area contributed by atoms with E-state index >= 15 is 0 Å². The zero-order valence-electron chi connectivity index (χ0n) is 7.83. The maximum absolute atomic E-state index is 4.18. The number of rotatable bonds is 5. The summed E-state index contributed by atoms with van der Waals surface area (Å²) < 4.78 is 2.00. The largest absolute Gasteiger partial charge is 0.317 e. The minimum Gasteiger partial charge on any atom is -0.317 e. The summed E-state index contributed by atoms with van der Waals surface area (Å²) in [5.74, 6) is 0. The Labute approximate surface area is 73.8 Å². The van der Waals surface area contributed by atoms with Gasteiger partial charge in [-0.3, -0.25) is 4.68 Å².